The summed E-state index contributed by atoms with van der Waals surface area (Å²) >= 11 is 1.27. The van der Waals surface area contributed by atoms with Crippen LogP contribution in [0.4, 0.5) is 0 Å². The summed E-state index contributed by atoms with van der Waals surface area (Å²) in [5.74, 6) is -2.11. The van der Waals surface area contributed by atoms with Crippen LogP contribution in [0.25, 0.3) is 0 Å². The Kier molecular flexibility index (Phi) is 6.51. The molecule has 0 fully saturated rings. The summed E-state index contributed by atoms with van der Waals surface area (Å²) < 4.78 is 0. The molecule has 0 radical (unpaired) electrons. The lowest BCUT2D eigenvalue weighted by Gasteiger charge is -2.13. The molecule has 0 spiro atoms. The molecule has 0 bridgehead atoms. The molecule has 1 atom stereocenters. The average Bonchev–Trinajstić information content (AvgIpc) is 2.41. The van der Waals surface area contributed by atoms with E-state index in [1.165, 1.54) is 11.8 Å². The summed E-state index contributed by atoms with van der Waals surface area (Å²) in [5, 5.41) is 11.3. The first-order valence-electron chi connectivity index (χ1n) is 5.82. The minimum atomic E-state index is -1.19. The number of amides is 2. The van der Waals surface area contributed by atoms with E-state index in [4.69, 9.17) is 10.8 Å². The summed E-state index contributed by atoms with van der Waals surface area (Å²) in [5.41, 5.74) is 4.95. The second kappa shape index (κ2) is 8.16. The van der Waals surface area contributed by atoms with E-state index < -0.39 is 23.8 Å². The molecule has 4 N–H and O–H groups in total. The van der Waals surface area contributed by atoms with E-state index in [2.05, 4.69) is 10.3 Å². The fourth-order valence-corrected chi connectivity index (χ4v) is 2.06. The van der Waals surface area contributed by atoms with Gasteiger partial charge in [-0.05, 0) is 18.6 Å². The Balaban J connectivity index is 2.41. The molecule has 1 unspecified atom stereocenters. The highest BCUT2D eigenvalue weighted by molar-refractivity contribution is 8.00. The predicted molar refractivity (Wildman–Crippen MR) is 73.0 cm³/mol. The normalized spacial score (nSPS) is 11.6. The molecule has 0 aliphatic rings. The van der Waals surface area contributed by atoms with Gasteiger partial charge in [0.2, 0.25) is 11.8 Å². The summed E-state index contributed by atoms with van der Waals surface area (Å²) in [7, 11) is 0. The average molecular weight is 297 g/mol. The van der Waals surface area contributed by atoms with Crippen molar-refractivity contribution in [3.63, 3.8) is 0 Å². The Hall–Kier alpha value is -2.09. The highest BCUT2D eigenvalue weighted by Crippen LogP contribution is 2.15. The Labute approximate surface area is 119 Å². The number of nitrogens with one attached hydrogen (secondary N) is 1. The number of primary amides is 1. The van der Waals surface area contributed by atoms with Crippen molar-refractivity contribution in [2.45, 2.75) is 23.8 Å². The van der Waals surface area contributed by atoms with Gasteiger partial charge in [-0.2, -0.15) is 0 Å². The zero-order valence-corrected chi connectivity index (χ0v) is 11.4. The molecule has 1 aromatic heterocycles. The number of thioether (sulfide) groups is 1. The van der Waals surface area contributed by atoms with Gasteiger partial charge in [-0.3, -0.25) is 14.6 Å². The Bertz CT molecular complexity index is 481. The molecule has 20 heavy (non-hydrogen) atoms. The number of rotatable bonds is 8. The molecule has 7 nitrogen and oxygen atoms in total. The van der Waals surface area contributed by atoms with Gasteiger partial charge in [0.05, 0.1) is 5.75 Å². The number of carbonyl (C=O) groups is 3. The van der Waals surface area contributed by atoms with Crippen LogP contribution in [0.15, 0.2) is 29.4 Å². The molecule has 0 aromatic carbocycles. The van der Waals surface area contributed by atoms with E-state index in [1.807, 2.05) is 0 Å². The molecule has 0 saturated heterocycles. The van der Waals surface area contributed by atoms with Crippen LogP contribution in [0.3, 0.4) is 0 Å². The molecule has 1 rings (SSSR count). The van der Waals surface area contributed by atoms with Gasteiger partial charge in [0.25, 0.3) is 0 Å². The number of carboxylic acids is 1. The number of hydrogen-bond donors (Lipinski definition) is 3. The van der Waals surface area contributed by atoms with Crippen molar-refractivity contribution >= 4 is 29.5 Å². The summed E-state index contributed by atoms with van der Waals surface area (Å²) in [6.07, 6.45) is 3.10. The van der Waals surface area contributed by atoms with Gasteiger partial charge in [-0.25, -0.2) is 4.79 Å². The molecule has 0 aliphatic carbocycles. The van der Waals surface area contributed by atoms with E-state index in [9.17, 15) is 14.4 Å². The Morgan fingerprint density at radius 1 is 1.35 bits per heavy atom. The molecule has 0 aliphatic heterocycles. The van der Waals surface area contributed by atoms with Crippen molar-refractivity contribution in [3.8, 4) is 0 Å². The largest absolute Gasteiger partial charge is 0.480 e. The minimum Gasteiger partial charge on any atom is -0.480 e. The quantitative estimate of drug-likeness (QED) is 0.581. The lowest BCUT2D eigenvalue weighted by Crippen LogP contribution is -2.42. The van der Waals surface area contributed by atoms with Crippen LogP contribution in [0.1, 0.15) is 12.8 Å². The number of nitrogens with two attached hydrogens (primary N) is 1. The predicted octanol–water partition coefficient (Wildman–Crippen LogP) is 0.00860. The van der Waals surface area contributed by atoms with E-state index in [-0.39, 0.29) is 18.6 Å². The number of carboxylic acid groups (broad SMARTS) is 1. The number of aromatic nitrogens is 1. The van der Waals surface area contributed by atoms with Gasteiger partial charge >= 0.3 is 5.97 Å². The van der Waals surface area contributed by atoms with Gasteiger partial charge in [0, 0.05) is 23.7 Å². The highest BCUT2D eigenvalue weighted by atomic mass is 32.2. The molecule has 1 heterocycles. The SMILES string of the molecule is NC(=O)CCC(NC(=O)CSc1ccncc1)C(=O)O. The smallest absolute Gasteiger partial charge is 0.326 e. The van der Waals surface area contributed by atoms with Crippen LogP contribution in [0.2, 0.25) is 0 Å². The van der Waals surface area contributed by atoms with E-state index in [0.717, 1.165) is 4.90 Å². The first kappa shape index (κ1) is 16.0. The van der Waals surface area contributed by atoms with Crippen molar-refractivity contribution in [3.05, 3.63) is 24.5 Å². The molecule has 1 aromatic rings. The van der Waals surface area contributed by atoms with Crippen LogP contribution in [0.5, 0.6) is 0 Å². The second-order valence-electron chi connectivity index (χ2n) is 3.93. The van der Waals surface area contributed by atoms with Crippen molar-refractivity contribution in [2.24, 2.45) is 5.73 Å². The summed E-state index contributed by atoms with van der Waals surface area (Å²) in [6.45, 7) is 0. The Morgan fingerprint density at radius 3 is 2.55 bits per heavy atom. The summed E-state index contributed by atoms with van der Waals surface area (Å²) in [4.78, 5) is 37.9. The maximum atomic E-state index is 11.6. The zero-order valence-electron chi connectivity index (χ0n) is 10.6. The number of carbonyl (C=O) groups excluding carboxylic acids is 2. The van der Waals surface area contributed by atoms with E-state index in [1.54, 1.807) is 24.5 Å². The number of pyridine rings is 1. The van der Waals surface area contributed by atoms with Crippen LogP contribution in [-0.2, 0) is 14.4 Å². The van der Waals surface area contributed by atoms with Gasteiger partial charge in [0.1, 0.15) is 6.04 Å². The molecule has 108 valence electrons. The first-order valence-corrected chi connectivity index (χ1v) is 6.81. The van der Waals surface area contributed by atoms with Gasteiger partial charge < -0.3 is 16.2 Å². The minimum absolute atomic E-state index is 0.0175. The van der Waals surface area contributed by atoms with Gasteiger partial charge in [-0.15, -0.1) is 11.8 Å². The number of hydrogen-bond acceptors (Lipinski definition) is 5. The van der Waals surface area contributed by atoms with Crippen molar-refractivity contribution in [1.82, 2.24) is 10.3 Å². The number of aliphatic carboxylic acids is 1. The fraction of sp³-hybridized carbons (Fsp3) is 0.333. The monoisotopic (exact) mass is 297 g/mol. The lowest BCUT2D eigenvalue weighted by molar-refractivity contribution is -0.141. The zero-order chi connectivity index (χ0) is 15.0. The van der Waals surface area contributed by atoms with Gasteiger partial charge in [-0.1, -0.05) is 0 Å². The van der Waals surface area contributed by atoms with E-state index >= 15 is 0 Å². The molecule has 8 heteroatoms. The second-order valence-corrected chi connectivity index (χ2v) is 4.98. The van der Waals surface area contributed by atoms with Crippen LogP contribution in [-0.4, -0.2) is 39.7 Å². The molecule has 2 amide bonds. The third-order valence-electron chi connectivity index (χ3n) is 2.33. The maximum absolute atomic E-state index is 11.6. The standard InChI is InChI=1S/C12H15N3O4S/c13-10(16)2-1-9(12(18)19)15-11(17)7-20-8-3-5-14-6-4-8/h3-6,9H,1-2,7H2,(H2,13,16)(H,15,17)(H,18,19). The van der Waals surface area contributed by atoms with E-state index in [0.29, 0.717) is 0 Å². The molecular formula is C12H15N3O4S. The van der Waals surface area contributed by atoms with Gasteiger partial charge in [0.15, 0.2) is 0 Å². The molecule has 0 saturated carbocycles. The highest BCUT2D eigenvalue weighted by Gasteiger charge is 2.20. The number of nitrogens with zero attached hydrogens (tertiary/aromatic N) is 1. The van der Waals surface area contributed by atoms with Crippen LogP contribution >= 0.6 is 11.8 Å². The molecular weight excluding hydrogens is 282 g/mol. The Morgan fingerprint density at radius 2 is 2.00 bits per heavy atom. The first-order chi connectivity index (χ1) is 9.49. The van der Waals surface area contributed by atoms with Crippen molar-refractivity contribution in [2.75, 3.05) is 5.75 Å². The van der Waals surface area contributed by atoms with Crippen LogP contribution < -0.4 is 11.1 Å². The van der Waals surface area contributed by atoms with Crippen LogP contribution in [0, 0.1) is 0 Å². The topological polar surface area (TPSA) is 122 Å². The fourth-order valence-electron chi connectivity index (χ4n) is 1.36. The third-order valence-corrected chi connectivity index (χ3v) is 3.34. The van der Waals surface area contributed by atoms with Crippen molar-refractivity contribution in [1.29, 1.82) is 0 Å². The summed E-state index contributed by atoms with van der Waals surface area (Å²) in [6, 6.07) is 2.40. The lowest BCUT2D eigenvalue weighted by atomic mass is 10.1. The maximum Gasteiger partial charge on any atom is 0.326 e. The van der Waals surface area contributed by atoms with Crippen molar-refractivity contribution < 1.29 is 19.5 Å². The third kappa shape index (κ3) is 6.19.